The lowest BCUT2D eigenvalue weighted by molar-refractivity contribution is 0.0690. The zero-order valence-corrected chi connectivity index (χ0v) is 12.1. The summed E-state index contributed by atoms with van der Waals surface area (Å²) in [5.74, 6) is -0.781. The average Bonchev–Trinajstić information content (AvgIpc) is 2.71. The number of aromatic carboxylic acids is 1. The maximum Gasteiger partial charge on any atom is 0.353 e. The molecular formula is C11H18N4O4S. The van der Waals surface area contributed by atoms with Crippen LogP contribution >= 0.6 is 0 Å². The van der Waals surface area contributed by atoms with Crippen LogP contribution in [0.15, 0.2) is 6.20 Å². The van der Waals surface area contributed by atoms with Crippen LogP contribution in [0.4, 0.5) is 0 Å². The second kappa shape index (κ2) is 5.15. The number of aromatic nitrogens is 2. The van der Waals surface area contributed by atoms with Crippen molar-refractivity contribution >= 4 is 16.2 Å². The highest BCUT2D eigenvalue weighted by Gasteiger charge is 2.44. The molecule has 1 aliphatic carbocycles. The molecule has 1 aromatic heterocycles. The van der Waals surface area contributed by atoms with E-state index in [0.29, 0.717) is 18.7 Å². The number of imidazole rings is 1. The first-order valence-electron chi connectivity index (χ1n) is 6.34. The van der Waals surface area contributed by atoms with Gasteiger partial charge in [-0.2, -0.15) is 17.9 Å². The Kier molecular flexibility index (Phi) is 3.85. The Morgan fingerprint density at radius 3 is 2.55 bits per heavy atom. The maximum absolute atomic E-state index is 12.0. The van der Waals surface area contributed by atoms with Crippen LogP contribution in [-0.4, -0.2) is 35.5 Å². The van der Waals surface area contributed by atoms with Gasteiger partial charge in [-0.3, -0.25) is 0 Å². The highest BCUT2D eigenvalue weighted by molar-refractivity contribution is 7.87. The van der Waals surface area contributed by atoms with E-state index < -0.39 is 21.7 Å². The molecule has 1 aliphatic rings. The molecule has 1 heterocycles. The standard InChI is InChI=1S/C11H18N4O4S/c1-7(2)14-20(18,19)15-11(4-3-5-11)10-12-6-8(13-10)9(16)17/h6-7,14-15H,3-5H2,1-2H3,(H,12,13)(H,16,17). The molecule has 4 N–H and O–H groups in total. The molecule has 1 fully saturated rings. The maximum atomic E-state index is 12.0. The van der Waals surface area contributed by atoms with Gasteiger partial charge >= 0.3 is 5.97 Å². The normalized spacial score (nSPS) is 17.9. The third-order valence-corrected chi connectivity index (χ3v) is 4.63. The third-order valence-electron chi connectivity index (χ3n) is 3.19. The monoisotopic (exact) mass is 302 g/mol. The molecular weight excluding hydrogens is 284 g/mol. The predicted octanol–water partition coefficient (Wildman–Crippen LogP) is 0.320. The molecule has 0 saturated heterocycles. The Balaban J connectivity index is 2.23. The molecule has 0 amide bonds. The summed E-state index contributed by atoms with van der Waals surface area (Å²) >= 11 is 0. The topological polar surface area (TPSA) is 124 Å². The quantitative estimate of drug-likeness (QED) is 0.602. The van der Waals surface area contributed by atoms with Crippen molar-refractivity contribution in [2.45, 2.75) is 44.7 Å². The Labute approximate surface area is 117 Å². The molecule has 1 aromatic rings. The molecule has 0 atom stereocenters. The van der Waals surface area contributed by atoms with Gasteiger partial charge in [-0.25, -0.2) is 9.78 Å². The van der Waals surface area contributed by atoms with Gasteiger partial charge in [0.2, 0.25) is 0 Å². The van der Waals surface area contributed by atoms with Gasteiger partial charge in [0.15, 0.2) is 0 Å². The van der Waals surface area contributed by atoms with E-state index in [1.807, 2.05) is 0 Å². The van der Waals surface area contributed by atoms with E-state index in [-0.39, 0.29) is 11.7 Å². The van der Waals surface area contributed by atoms with E-state index in [1.54, 1.807) is 13.8 Å². The zero-order chi connectivity index (χ0) is 15.0. The lowest BCUT2D eigenvalue weighted by Crippen LogP contribution is -2.55. The number of hydrogen-bond donors (Lipinski definition) is 4. The smallest absolute Gasteiger partial charge is 0.353 e. The van der Waals surface area contributed by atoms with E-state index in [2.05, 4.69) is 19.4 Å². The highest BCUT2D eigenvalue weighted by atomic mass is 32.2. The van der Waals surface area contributed by atoms with E-state index in [4.69, 9.17) is 5.11 Å². The van der Waals surface area contributed by atoms with E-state index in [0.717, 1.165) is 6.42 Å². The van der Waals surface area contributed by atoms with Crippen molar-refractivity contribution in [3.05, 3.63) is 17.7 Å². The van der Waals surface area contributed by atoms with Crippen molar-refractivity contribution in [3.63, 3.8) is 0 Å². The number of rotatable bonds is 6. The predicted molar refractivity (Wildman–Crippen MR) is 71.4 cm³/mol. The van der Waals surface area contributed by atoms with Crippen LogP contribution in [0.3, 0.4) is 0 Å². The SMILES string of the molecule is CC(C)NS(=O)(=O)NC1(c2ncc(C(=O)O)[nH]2)CCC1. The molecule has 112 valence electrons. The molecule has 9 heteroatoms. The molecule has 0 unspecified atom stereocenters. The summed E-state index contributed by atoms with van der Waals surface area (Å²) in [5.41, 5.74) is -0.892. The molecule has 20 heavy (non-hydrogen) atoms. The summed E-state index contributed by atoms with van der Waals surface area (Å²) in [4.78, 5) is 17.5. The van der Waals surface area contributed by atoms with Gasteiger partial charge in [0.1, 0.15) is 11.5 Å². The fraction of sp³-hybridized carbons (Fsp3) is 0.636. The van der Waals surface area contributed by atoms with Crippen LogP contribution in [0.2, 0.25) is 0 Å². The van der Waals surface area contributed by atoms with Crippen molar-refractivity contribution < 1.29 is 18.3 Å². The second-order valence-corrected chi connectivity index (χ2v) is 6.71. The van der Waals surface area contributed by atoms with Crippen LogP contribution < -0.4 is 9.44 Å². The minimum absolute atomic E-state index is 0.0534. The van der Waals surface area contributed by atoms with Crippen LogP contribution in [0.1, 0.15) is 49.4 Å². The molecule has 0 bridgehead atoms. The fourth-order valence-corrected chi connectivity index (χ4v) is 3.68. The van der Waals surface area contributed by atoms with Crippen molar-refractivity contribution in [1.29, 1.82) is 0 Å². The average molecular weight is 302 g/mol. The van der Waals surface area contributed by atoms with E-state index in [1.165, 1.54) is 6.20 Å². The number of aromatic amines is 1. The number of nitrogens with one attached hydrogen (secondary N) is 3. The van der Waals surface area contributed by atoms with Gasteiger partial charge in [0, 0.05) is 6.04 Å². The van der Waals surface area contributed by atoms with Gasteiger partial charge in [0.25, 0.3) is 10.2 Å². The van der Waals surface area contributed by atoms with Gasteiger partial charge in [0.05, 0.1) is 11.7 Å². The van der Waals surface area contributed by atoms with Crippen LogP contribution in [0.25, 0.3) is 0 Å². The number of carbonyl (C=O) groups is 1. The molecule has 8 nitrogen and oxygen atoms in total. The van der Waals surface area contributed by atoms with Crippen molar-refractivity contribution in [2.75, 3.05) is 0 Å². The van der Waals surface area contributed by atoms with Crippen molar-refractivity contribution in [1.82, 2.24) is 19.4 Å². The van der Waals surface area contributed by atoms with Gasteiger partial charge in [-0.1, -0.05) is 0 Å². The summed E-state index contributed by atoms with van der Waals surface area (Å²) in [6, 6.07) is -0.226. The largest absolute Gasteiger partial charge is 0.477 e. The molecule has 0 aliphatic heterocycles. The molecule has 0 spiro atoms. The lowest BCUT2D eigenvalue weighted by Gasteiger charge is -2.40. The first-order valence-corrected chi connectivity index (χ1v) is 7.82. The van der Waals surface area contributed by atoms with Gasteiger partial charge in [-0.15, -0.1) is 0 Å². The Bertz CT molecular complexity index is 604. The van der Waals surface area contributed by atoms with E-state index in [9.17, 15) is 13.2 Å². The zero-order valence-electron chi connectivity index (χ0n) is 11.3. The highest BCUT2D eigenvalue weighted by Crippen LogP contribution is 2.40. The van der Waals surface area contributed by atoms with Crippen molar-refractivity contribution in [3.8, 4) is 0 Å². The Morgan fingerprint density at radius 1 is 1.50 bits per heavy atom. The third kappa shape index (κ3) is 3.00. The summed E-state index contributed by atoms with van der Waals surface area (Å²) < 4.78 is 29.0. The van der Waals surface area contributed by atoms with E-state index >= 15 is 0 Å². The lowest BCUT2D eigenvalue weighted by atomic mass is 9.77. The number of carboxylic acids is 1. The van der Waals surface area contributed by atoms with Gasteiger partial charge in [-0.05, 0) is 33.1 Å². The summed E-state index contributed by atoms with van der Waals surface area (Å²) in [5, 5.41) is 8.88. The van der Waals surface area contributed by atoms with Crippen molar-refractivity contribution in [2.24, 2.45) is 0 Å². The molecule has 0 aromatic carbocycles. The second-order valence-electron chi connectivity index (χ2n) is 5.26. The molecule has 0 radical (unpaired) electrons. The van der Waals surface area contributed by atoms with Crippen LogP contribution in [-0.2, 0) is 15.7 Å². The number of H-pyrrole nitrogens is 1. The minimum Gasteiger partial charge on any atom is -0.477 e. The summed E-state index contributed by atoms with van der Waals surface area (Å²) in [6.07, 6.45) is 3.21. The molecule has 1 saturated carbocycles. The Morgan fingerprint density at radius 2 is 2.15 bits per heavy atom. The number of hydrogen-bond acceptors (Lipinski definition) is 4. The first kappa shape index (κ1) is 14.9. The first-order chi connectivity index (χ1) is 9.24. The minimum atomic E-state index is -3.67. The van der Waals surface area contributed by atoms with Crippen LogP contribution in [0, 0.1) is 0 Å². The fourth-order valence-electron chi connectivity index (χ4n) is 2.19. The molecule has 2 rings (SSSR count). The number of carboxylic acid groups (broad SMARTS) is 1. The summed E-state index contributed by atoms with van der Waals surface area (Å²) in [6.45, 7) is 3.45. The number of nitrogens with zero attached hydrogens (tertiary/aromatic N) is 1. The van der Waals surface area contributed by atoms with Crippen LogP contribution in [0.5, 0.6) is 0 Å². The Hall–Kier alpha value is -1.45. The van der Waals surface area contributed by atoms with Gasteiger partial charge < -0.3 is 10.1 Å². The summed E-state index contributed by atoms with van der Waals surface area (Å²) in [7, 11) is -3.67.